The van der Waals surface area contributed by atoms with E-state index >= 15 is 0 Å². The van der Waals surface area contributed by atoms with E-state index in [1.807, 2.05) is 13.0 Å². The van der Waals surface area contributed by atoms with Gasteiger partial charge in [0.2, 0.25) is 0 Å². The molecule has 27 heavy (non-hydrogen) atoms. The van der Waals surface area contributed by atoms with Crippen molar-refractivity contribution in [2.24, 2.45) is 0 Å². The van der Waals surface area contributed by atoms with E-state index in [-0.39, 0.29) is 12.3 Å². The molecule has 1 aromatic carbocycles. The third-order valence-electron chi connectivity index (χ3n) is 4.99. The molecule has 0 saturated carbocycles. The van der Waals surface area contributed by atoms with Crippen molar-refractivity contribution in [3.05, 3.63) is 34.4 Å². The second-order valence-corrected chi connectivity index (χ2v) is 7.93. The molecular weight excluding hydrogens is 358 g/mol. The smallest absolute Gasteiger partial charge is 0.182 e. The maximum absolute atomic E-state index is 12.6. The van der Waals surface area contributed by atoms with Gasteiger partial charge in [0, 0.05) is 25.2 Å². The van der Waals surface area contributed by atoms with Crippen molar-refractivity contribution in [3.63, 3.8) is 0 Å². The Morgan fingerprint density at radius 1 is 1.19 bits per heavy atom. The van der Waals surface area contributed by atoms with Gasteiger partial charge >= 0.3 is 0 Å². The van der Waals surface area contributed by atoms with Crippen LogP contribution in [0.1, 0.15) is 53.2 Å². The highest BCUT2D eigenvalue weighted by molar-refractivity contribution is 7.80. The quantitative estimate of drug-likeness (QED) is 0.404. The summed E-state index contributed by atoms with van der Waals surface area (Å²) in [5.74, 6) is 0.478. The molecule has 0 aliphatic carbocycles. The lowest BCUT2D eigenvalue weighted by Gasteiger charge is -2.26. The Balaban J connectivity index is 1.74. The van der Waals surface area contributed by atoms with Crippen LogP contribution in [0.4, 0.5) is 0 Å². The molecule has 1 aliphatic heterocycles. The topological polar surface area (TPSA) is 53.6 Å². The molecule has 1 heterocycles. The summed E-state index contributed by atoms with van der Waals surface area (Å²) in [6.45, 7) is 14.1. The Hall–Kier alpha value is -1.50. The fourth-order valence-corrected chi connectivity index (χ4v) is 3.61. The van der Waals surface area contributed by atoms with Crippen LogP contribution >= 0.6 is 12.2 Å². The van der Waals surface area contributed by atoms with Crippen molar-refractivity contribution in [2.45, 2.75) is 40.0 Å². The monoisotopic (exact) mass is 391 g/mol. The molecule has 2 N–H and O–H groups in total. The molecule has 2 rings (SSSR count). The van der Waals surface area contributed by atoms with Crippen molar-refractivity contribution >= 4 is 23.1 Å². The highest BCUT2D eigenvalue weighted by Gasteiger charge is 2.14. The minimum absolute atomic E-state index is 0.0758. The fourth-order valence-electron chi connectivity index (χ4n) is 3.44. The number of carbonyl (C=O) groups is 1. The number of nitrogens with one attached hydrogen (secondary N) is 2. The summed E-state index contributed by atoms with van der Waals surface area (Å²) in [5, 5.41) is 6.78. The fraction of sp³-hybridized carbons (Fsp3) is 0.619. The minimum Gasteiger partial charge on any atom is -0.379 e. The number of ether oxygens (including phenoxy) is 1. The van der Waals surface area contributed by atoms with Gasteiger partial charge in [0.25, 0.3) is 0 Å². The maximum atomic E-state index is 12.6. The number of hydrogen-bond donors (Lipinski definition) is 2. The van der Waals surface area contributed by atoms with Crippen LogP contribution in [0.5, 0.6) is 0 Å². The molecule has 1 fully saturated rings. The van der Waals surface area contributed by atoms with Crippen LogP contribution in [-0.2, 0) is 4.74 Å². The van der Waals surface area contributed by atoms with Crippen molar-refractivity contribution < 1.29 is 9.53 Å². The van der Waals surface area contributed by atoms with Crippen LogP contribution in [-0.4, -0.2) is 61.7 Å². The molecule has 5 nitrogen and oxygen atoms in total. The minimum atomic E-state index is 0.0758. The summed E-state index contributed by atoms with van der Waals surface area (Å²) >= 11 is 5.31. The molecule has 6 heteroatoms. The van der Waals surface area contributed by atoms with Gasteiger partial charge in [-0.15, -0.1) is 0 Å². The lowest BCUT2D eigenvalue weighted by atomic mass is 9.91. The van der Waals surface area contributed by atoms with E-state index in [1.165, 1.54) is 11.1 Å². The molecule has 1 aliphatic rings. The summed E-state index contributed by atoms with van der Waals surface area (Å²) in [6.07, 6.45) is 1.02. The van der Waals surface area contributed by atoms with Crippen LogP contribution < -0.4 is 10.6 Å². The SMILES string of the molecule is Cc1cc(C)c(C(C)C)cc1C(=O)CNC(=S)NCCCN1CCOCC1. The predicted octanol–water partition coefficient (Wildman–Crippen LogP) is 2.80. The van der Waals surface area contributed by atoms with E-state index in [1.54, 1.807) is 0 Å². The number of thiocarbonyl (C=S) groups is 1. The van der Waals surface area contributed by atoms with Crippen LogP contribution in [0.2, 0.25) is 0 Å². The summed E-state index contributed by atoms with van der Waals surface area (Å²) in [7, 11) is 0. The van der Waals surface area contributed by atoms with Crippen LogP contribution in [0.3, 0.4) is 0 Å². The number of Topliss-reactive ketones (excluding diaryl/α,β-unsaturated/α-hetero) is 1. The molecule has 0 aromatic heterocycles. The molecule has 0 spiro atoms. The second-order valence-electron chi connectivity index (χ2n) is 7.52. The third-order valence-corrected chi connectivity index (χ3v) is 5.27. The van der Waals surface area contributed by atoms with E-state index in [2.05, 4.69) is 42.4 Å². The van der Waals surface area contributed by atoms with E-state index in [4.69, 9.17) is 17.0 Å². The van der Waals surface area contributed by atoms with Crippen molar-refractivity contribution in [2.75, 3.05) is 45.9 Å². The second kappa shape index (κ2) is 10.7. The summed E-state index contributed by atoms with van der Waals surface area (Å²) in [6, 6.07) is 4.14. The number of aryl methyl sites for hydroxylation is 2. The standard InChI is InChI=1S/C21H33N3O2S/c1-15(2)18-13-19(17(4)12-16(18)3)20(25)14-23-21(27)22-6-5-7-24-8-10-26-11-9-24/h12-13,15H,5-11,14H2,1-4H3,(H2,22,23,27). The van der Waals surface area contributed by atoms with Gasteiger partial charge in [0.05, 0.1) is 19.8 Å². The summed E-state index contributed by atoms with van der Waals surface area (Å²) in [5.41, 5.74) is 4.28. The number of morpholine rings is 1. The number of ketones is 1. The summed E-state index contributed by atoms with van der Waals surface area (Å²) in [4.78, 5) is 15.0. The molecule has 0 atom stereocenters. The lowest BCUT2D eigenvalue weighted by molar-refractivity contribution is 0.0376. The molecule has 150 valence electrons. The number of benzene rings is 1. The van der Waals surface area contributed by atoms with Gasteiger partial charge in [-0.1, -0.05) is 19.9 Å². The Kier molecular flexibility index (Phi) is 8.67. The number of rotatable bonds is 8. The average Bonchev–Trinajstić information content (AvgIpc) is 2.64. The first kappa shape index (κ1) is 21.8. The van der Waals surface area contributed by atoms with Crippen LogP contribution in [0.15, 0.2) is 12.1 Å². The molecule has 0 amide bonds. The molecule has 1 aromatic rings. The van der Waals surface area contributed by atoms with Crippen molar-refractivity contribution in [1.82, 2.24) is 15.5 Å². The molecule has 0 bridgehead atoms. The first-order valence-electron chi connectivity index (χ1n) is 9.84. The normalized spacial score (nSPS) is 15.0. The van der Waals surface area contributed by atoms with Gasteiger partial charge < -0.3 is 15.4 Å². The Morgan fingerprint density at radius 3 is 2.56 bits per heavy atom. The number of hydrogen-bond acceptors (Lipinski definition) is 4. The highest BCUT2D eigenvalue weighted by Crippen LogP contribution is 2.23. The average molecular weight is 392 g/mol. The lowest BCUT2D eigenvalue weighted by Crippen LogP contribution is -2.41. The Labute approximate surface area is 168 Å². The predicted molar refractivity (Wildman–Crippen MR) is 115 cm³/mol. The van der Waals surface area contributed by atoms with Gasteiger partial charge in [-0.25, -0.2) is 0 Å². The van der Waals surface area contributed by atoms with E-state index in [9.17, 15) is 4.79 Å². The molecule has 1 saturated heterocycles. The first-order valence-corrected chi connectivity index (χ1v) is 10.3. The van der Waals surface area contributed by atoms with Crippen LogP contribution in [0, 0.1) is 13.8 Å². The van der Waals surface area contributed by atoms with Crippen molar-refractivity contribution in [3.8, 4) is 0 Å². The highest BCUT2D eigenvalue weighted by atomic mass is 32.1. The Bertz CT molecular complexity index is 655. The zero-order valence-electron chi connectivity index (χ0n) is 17.1. The zero-order valence-corrected chi connectivity index (χ0v) is 17.9. The third kappa shape index (κ3) is 6.87. The zero-order chi connectivity index (χ0) is 19.8. The summed E-state index contributed by atoms with van der Waals surface area (Å²) < 4.78 is 5.35. The van der Waals surface area contributed by atoms with E-state index in [0.29, 0.717) is 11.0 Å². The van der Waals surface area contributed by atoms with Gasteiger partial charge in [-0.3, -0.25) is 9.69 Å². The number of nitrogens with zero attached hydrogens (tertiary/aromatic N) is 1. The van der Waals surface area contributed by atoms with Crippen LogP contribution in [0.25, 0.3) is 0 Å². The van der Waals surface area contributed by atoms with Gasteiger partial charge in [-0.05, 0) is 67.7 Å². The molecule has 0 radical (unpaired) electrons. The largest absolute Gasteiger partial charge is 0.379 e. The van der Waals surface area contributed by atoms with Gasteiger partial charge in [0.1, 0.15) is 0 Å². The van der Waals surface area contributed by atoms with Crippen molar-refractivity contribution in [1.29, 1.82) is 0 Å². The molecular formula is C21H33N3O2S. The maximum Gasteiger partial charge on any atom is 0.182 e. The van der Waals surface area contributed by atoms with E-state index < -0.39 is 0 Å². The molecule has 0 unspecified atom stereocenters. The Morgan fingerprint density at radius 2 is 1.89 bits per heavy atom. The number of carbonyl (C=O) groups excluding carboxylic acids is 1. The first-order chi connectivity index (χ1) is 12.9. The van der Waals surface area contributed by atoms with E-state index in [0.717, 1.165) is 56.9 Å². The van der Waals surface area contributed by atoms with Gasteiger partial charge in [-0.2, -0.15) is 0 Å². The van der Waals surface area contributed by atoms with Gasteiger partial charge in [0.15, 0.2) is 10.9 Å².